The van der Waals surface area contributed by atoms with Crippen molar-refractivity contribution in [3.8, 4) is 5.75 Å². The lowest BCUT2D eigenvalue weighted by molar-refractivity contribution is 0.0976. The molecule has 0 fully saturated rings. The van der Waals surface area contributed by atoms with E-state index in [1.54, 1.807) is 60.7 Å². The second kappa shape index (κ2) is 11.8. The van der Waals surface area contributed by atoms with Gasteiger partial charge in [0, 0.05) is 22.0 Å². The van der Waals surface area contributed by atoms with Crippen molar-refractivity contribution in [3.63, 3.8) is 0 Å². The van der Waals surface area contributed by atoms with Crippen LogP contribution in [-0.2, 0) is 0 Å². The Hall–Kier alpha value is -3.13. The molecule has 0 unspecified atom stereocenters. The van der Waals surface area contributed by atoms with Gasteiger partial charge in [-0.2, -0.15) is 0 Å². The topological polar surface area (TPSA) is 79.5 Å². The lowest BCUT2D eigenvalue weighted by Crippen LogP contribution is -2.34. The van der Waals surface area contributed by atoms with Crippen LogP contribution in [0.2, 0.25) is 10.0 Å². The third kappa shape index (κ3) is 7.18. The molecule has 3 N–H and O–H groups in total. The van der Waals surface area contributed by atoms with Crippen molar-refractivity contribution in [1.29, 1.82) is 0 Å². The van der Waals surface area contributed by atoms with E-state index in [4.69, 9.17) is 40.2 Å². The third-order valence-corrected chi connectivity index (χ3v) is 5.56. The Labute approximate surface area is 213 Å². The summed E-state index contributed by atoms with van der Waals surface area (Å²) in [4.78, 5) is 25.0. The Morgan fingerprint density at radius 1 is 0.941 bits per heavy atom. The smallest absolute Gasteiger partial charge is 0.257 e. The van der Waals surface area contributed by atoms with Crippen LogP contribution in [0.15, 0.2) is 66.7 Å². The van der Waals surface area contributed by atoms with Crippen molar-refractivity contribution >= 4 is 63.7 Å². The maximum absolute atomic E-state index is 12.5. The predicted molar refractivity (Wildman–Crippen MR) is 141 cm³/mol. The van der Waals surface area contributed by atoms with Gasteiger partial charge in [0.25, 0.3) is 11.8 Å². The number of hydrogen-bond acceptors (Lipinski definition) is 4. The maximum atomic E-state index is 12.5. The standard InChI is InChI=1S/C25H23Cl2N3O3S/c1-3-15(2)33-20-10-7-16(8-11-20)23(31)30-25(34)29-19-6-4-5-18(14-19)28-24(32)21-12-9-17(26)13-22(21)27/h4-15H,3H2,1-2H3,(H,28,32)(H2,29,30,31,34)/t15-/m1/s1. The fraction of sp³-hybridized carbons (Fsp3) is 0.160. The average molecular weight is 516 g/mol. The van der Waals surface area contributed by atoms with Crippen LogP contribution in [0, 0.1) is 0 Å². The summed E-state index contributed by atoms with van der Waals surface area (Å²) in [6.07, 6.45) is 0.988. The fourth-order valence-electron chi connectivity index (χ4n) is 2.88. The minimum absolute atomic E-state index is 0.0974. The first-order chi connectivity index (χ1) is 16.2. The Morgan fingerprint density at radius 3 is 2.26 bits per heavy atom. The van der Waals surface area contributed by atoms with Gasteiger partial charge in [-0.3, -0.25) is 14.9 Å². The summed E-state index contributed by atoms with van der Waals surface area (Å²) >= 11 is 17.3. The zero-order chi connectivity index (χ0) is 24.7. The van der Waals surface area contributed by atoms with E-state index in [-0.39, 0.29) is 28.1 Å². The molecule has 0 aliphatic rings. The Kier molecular flexibility index (Phi) is 8.87. The summed E-state index contributed by atoms with van der Waals surface area (Å²) in [6, 6.07) is 18.4. The van der Waals surface area contributed by atoms with Crippen molar-refractivity contribution in [2.45, 2.75) is 26.4 Å². The zero-order valence-electron chi connectivity index (χ0n) is 18.5. The number of halogens is 2. The van der Waals surface area contributed by atoms with Gasteiger partial charge in [-0.05, 0) is 86.2 Å². The predicted octanol–water partition coefficient (Wildman–Crippen LogP) is 6.55. The highest BCUT2D eigenvalue weighted by molar-refractivity contribution is 7.80. The number of thiocarbonyl (C=S) groups is 1. The molecule has 34 heavy (non-hydrogen) atoms. The molecule has 0 aliphatic carbocycles. The van der Waals surface area contributed by atoms with Gasteiger partial charge in [-0.25, -0.2) is 0 Å². The molecule has 0 bridgehead atoms. The molecule has 9 heteroatoms. The van der Waals surface area contributed by atoms with Crippen LogP contribution in [-0.4, -0.2) is 23.0 Å². The molecule has 2 amide bonds. The van der Waals surface area contributed by atoms with Crippen LogP contribution in [0.1, 0.15) is 41.0 Å². The quantitative estimate of drug-likeness (QED) is 0.311. The summed E-state index contributed by atoms with van der Waals surface area (Å²) in [5.74, 6) is -0.0322. The van der Waals surface area contributed by atoms with Gasteiger partial charge in [0.15, 0.2) is 5.11 Å². The number of hydrogen-bond donors (Lipinski definition) is 3. The lowest BCUT2D eigenvalue weighted by atomic mass is 10.2. The van der Waals surface area contributed by atoms with Crippen molar-refractivity contribution < 1.29 is 14.3 Å². The third-order valence-electron chi connectivity index (χ3n) is 4.81. The summed E-state index contributed by atoms with van der Waals surface area (Å²) in [7, 11) is 0. The van der Waals surface area contributed by atoms with Crippen LogP contribution in [0.4, 0.5) is 11.4 Å². The molecule has 0 heterocycles. The molecule has 6 nitrogen and oxygen atoms in total. The number of carbonyl (C=O) groups excluding carboxylic acids is 2. The molecule has 0 aliphatic heterocycles. The van der Waals surface area contributed by atoms with Crippen molar-refractivity contribution in [2.75, 3.05) is 10.6 Å². The van der Waals surface area contributed by atoms with Crippen LogP contribution in [0.25, 0.3) is 0 Å². The first-order valence-electron chi connectivity index (χ1n) is 10.5. The first-order valence-corrected chi connectivity index (χ1v) is 11.7. The Balaban J connectivity index is 1.58. The summed E-state index contributed by atoms with van der Waals surface area (Å²) < 4.78 is 5.72. The van der Waals surface area contributed by atoms with Crippen molar-refractivity contribution in [3.05, 3.63) is 87.9 Å². The minimum Gasteiger partial charge on any atom is -0.491 e. The molecule has 3 aromatic carbocycles. The van der Waals surface area contributed by atoms with Crippen molar-refractivity contribution in [2.24, 2.45) is 0 Å². The largest absolute Gasteiger partial charge is 0.491 e. The normalized spacial score (nSPS) is 11.3. The molecular formula is C25H23Cl2N3O3S. The minimum atomic E-state index is -0.379. The van der Waals surface area contributed by atoms with Gasteiger partial charge >= 0.3 is 0 Å². The van der Waals surface area contributed by atoms with E-state index in [0.29, 0.717) is 33.3 Å². The molecule has 0 saturated carbocycles. The Bertz CT molecular complexity index is 1200. The molecule has 176 valence electrons. The first kappa shape index (κ1) is 25.5. The second-order valence-electron chi connectivity index (χ2n) is 7.43. The molecule has 1 atom stereocenters. The van der Waals surface area contributed by atoms with E-state index in [9.17, 15) is 9.59 Å². The number of carbonyl (C=O) groups is 2. The van der Waals surface area contributed by atoms with Crippen LogP contribution in [0.5, 0.6) is 5.75 Å². The van der Waals surface area contributed by atoms with Gasteiger partial charge in [-0.15, -0.1) is 0 Å². The second-order valence-corrected chi connectivity index (χ2v) is 8.68. The molecule has 3 aromatic rings. The number of rotatable bonds is 7. The average Bonchev–Trinajstić information content (AvgIpc) is 2.79. The van der Waals surface area contributed by atoms with Gasteiger partial charge in [0.05, 0.1) is 16.7 Å². The van der Waals surface area contributed by atoms with Crippen LogP contribution < -0.4 is 20.7 Å². The number of amides is 2. The van der Waals surface area contributed by atoms with E-state index in [1.807, 2.05) is 13.8 Å². The van der Waals surface area contributed by atoms with Gasteiger partial charge in [-0.1, -0.05) is 36.2 Å². The number of benzene rings is 3. The van der Waals surface area contributed by atoms with Crippen LogP contribution in [0.3, 0.4) is 0 Å². The van der Waals surface area contributed by atoms with E-state index in [0.717, 1.165) is 6.42 Å². The van der Waals surface area contributed by atoms with E-state index in [2.05, 4.69) is 16.0 Å². The van der Waals surface area contributed by atoms with Gasteiger partial charge in [0.1, 0.15) is 5.75 Å². The van der Waals surface area contributed by atoms with Gasteiger partial charge in [0.2, 0.25) is 0 Å². The lowest BCUT2D eigenvalue weighted by Gasteiger charge is -2.13. The SMILES string of the molecule is CC[C@@H](C)Oc1ccc(C(=O)NC(=S)Nc2cccc(NC(=O)c3ccc(Cl)cc3Cl)c2)cc1. The van der Waals surface area contributed by atoms with Gasteiger partial charge < -0.3 is 15.4 Å². The van der Waals surface area contributed by atoms with Crippen LogP contribution >= 0.6 is 35.4 Å². The maximum Gasteiger partial charge on any atom is 0.257 e. The highest BCUT2D eigenvalue weighted by atomic mass is 35.5. The zero-order valence-corrected chi connectivity index (χ0v) is 20.9. The number of nitrogens with one attached hydrogen (secondary N) is 3. The monoisotopic (exact) mass is 515 g/mol. The molecule has 0 saturated heterocycles. The van der Waals surface area contributed by atoms with E-state index in [1.165, 1.54) is 6.07 Å². The Morgan fingerprint density at radius 2 is 1.62 bits per heavy atom. The van der Waals surface area contributed by atoms with E-state index >= 15 is 0 Å². The molecule has 3 rings (SSSR count). The number of ether oxygens (including phenoxy) is 1. The van der Waals surface area contributed by atoms with E-state index < -0.39 is 0 Å². The summed E-state index contributed by atoms with van der Waals surface area (Å²) in [5, 5.41) is 9.17. The molecular weight excluding hydrogens is 493 g/mol. The number of anilines is 2. The highest BCUT2D eigenvalue weighted by Crippen LogP contribution is 2.23. The molecule has 0 radical (unpaired) electrons. The summed E-state index contributed by atoms with van der Waals surface area (Å²) in [5.41, 5.74) is 1.85. The molecule has 0 spiro atoms. The highest BCUT2D eigenvalue weighted by Gasteiger charge is 2.12. The van der Waals surface area contributed by atoms with Crippen molar-refractivity contribution in [1.82, 2.24) is 5.32 Å². The summed E-state index contributed by atoms with van der Waals surface area (Å²) in [6.45, 7) is 4.03. The molecule has 0 aromatic heterocycles. The fourth-order valence-corrected chi connectivity index (χ4v) is 3.59.